The molecule has 0 aliphatic heterocycles. The molecule has 2 heterocycles. The van der Waals surface area contributed by atoms with Crippen molar-refractivity contribution < 1.29 is 0 Å². The molecule has 0 bridgehead atoms. The molecule has 0 saturated carbocycles. The van der Waals surface area contributed by atoms with Crippen LogP contribution in [0.4, 0.5) is 0 Å². The van der Waals surface area contributed by atoms with Crippen LogP contribution in [-0.4, -0.2) is 9.13 Å². The number of aryl methyl sites for hydroxylation is 4. The fraction of sp³-hybridized carbons (Fsp3) is 0.0741. The zero-order chi connectivity index (χ0) is 37.7. The number of para-hydroxylation sites is 2. The van der Waals surface area contributed by atoms with Crippen molar-refractivity contribution in [3.63, 3.8) is 0 Å². The summed E-state index contributed by atoms with van der Waals surface area (Å²) in [6.45, 7) is 4.49. The Bertz CT molecular complexity index is 3180. The van der Waals surface area contributed by atoms with E-state index in [2.05, 4.69) is 207 Å². The van der Waals surface area contributed by atoms with Crippen LogP contribution >= 0.6 is 0 Å². The Morgan fingerprint density at radius 2 is 0.625 bits per heavy atom. The molecule has 0 atom stereocenters. The normalized spacial score (nSPS) is 11.9. The Morgan fingerprint density at radius 3 is 1.05 bits per heavy atom. The standard InChI is InChI=1S/C54H40N2/c1-33-13-5-7-15-39(33)53-43-25-21-36(38-24-28-52-46(30-38)42-18-10-12-20-50(42)56(52)4)32-48(43)54(40-16-8-6-14-34(40)2)44-26-22-35(31-47(44)53)37-23-27-51-45(29-37)41-17-9-11-19-49(41)55(51)3/h5-32H,1-4H3. The smallest absolute Gasteiger partial charge is 0.0489 e. The number of fused-ring (bicyclic) bond motifs is 8. The monoisotopic (exact) mass is 716 g/mol. The van der Waals surface area contributed by atoms with Gasteiger partial charge in [-0.25, -0.2) is 0 Å². The van der Waals surface area contributed by atoms with Crippen molar-refractivity contribution in [1.82, 2.24) is 9.13 Å². The maximum absolute atomic E-state index is 2.45. The zero-order valence-corrected chi connectivity index (χ0v) is 32.1. The predicted octanol–water partition coefficient (Wildman–Crippen LogP) is 14.6. The molecule has 2 heteroatoms. The number of hydrogen-bond donors (Lipinski definition) is 0. The fourth-order valence-corrected chi connectivity index (χ4v) is 9.57. The minimum absolute atomic E-state index is 1.22. The number of hydrogen-bond acceptors (Lipinski definition) is 0. The van der Waals surface area contributed by atoms with Gasteiger partial charge in [0, 0.05) is 57.7 Å². The Kier molecular flexibility index (Phi) is 7.15. The van der Waals surface area contributed by atoms with Gasteiger partial charge in [-0.1, -0.05) is 121 Å². The summed E-state index contributed by atoms with van der Waals surface area (Å²) in [5.41, 5.74) is 17.6. The highest BCUT2D eigenvalue weighted by Gasteiger charge is 2.21. The molecule has 0 amide bonds. The van der Waals surface area contributed by atoms with Crippen molar-refractivity contribution in [2.24, 2.45) is 14.1 Å². The van der Waals surface area contributed by atoms with Gasteiger partial charge in [0.2, 0.25) is 0 Å². The molecule has 0 unspecified atom stereocenters. The second-order valence-electron chi connectivity index (χ2n) is 15.5. The van der Waals surface area contributed by atoms with Crippen LogP contribution in [0.15, 0.2) is 170 Å². The Balaban J connectivity index is 1.22. The molecule has 0 radical (unpaired) electrons. The molecule has 0 aliphatic rings. The average molecular weight is 717 g/mol. The van der Waals surface area contributed by atoms with E-state index in [1.165, 1.54) is 121 Å². The maximum atomic E-state index is 2.45. The van der Waals surface area contributed by atoms with Crippen LogP contribution in [0.1, 0.15) is 11.1 Å². The van der Waals surface area contributed by atoms with Gasteiger partial charge in [-0.05, 0) is 140 Å². The Morgan fingerprint density at radius 1 is 0.286 bits per heavy atom. The fourth-order valence-electron chi connectivity index (χ4n) is 9.57. The zero-order valence-electron chi connectivity index (χ0n) is 32.1. The van der Waals surface area contributed by atoms with E-state index in [0.717, 1.165) is 0 Å². The summed E-state index contributed by atoms with van der Waals surface area (Å²) < 4.78 is 4.61. The lowest BCUT2D eigenvalue weighted by Gasteiger charge is -2.21. The third-order valence-corrected chi connectivity index (χ3v) is 12.4. The van der Waals surface area contributed by atoms with Crippen LogP contribution in [0.2, 0.25) is 0 Å². The number of nitrogens with zero attached hydrogens (tertiary/aromatic N) is 2. The molecule has 11 rings (SSSR count). The first kappa shape index (κ1) is 32.5. The highest BCUT2D eigenvalue weighted by molar-refractivity contribution is 6.23. The van der Waals surface area contributed by atoms with Gasteiger partial charge < -0.3 is 9.13 Å². The van der Waals surface area contributed by atoms with E-state index in [1.54, 1.807) is 0 Å². The lowest BCUT2D eigenvalue weighted by molar-refractivity contribution is 1.01. The quantitative estimate of drug-likeness (QED) is 0.161. The molecule has 0 spiro atoms. The first-order chi connectivity index (χ1) is 27.4. The van der Waals surface area contributed by atoms with Crippen molar-refractivity contribution in [2.45, 2.75) is 13.8 Å². The molecule has 0 N–H and O–H groups in total. The molecule has 56 heavy (non-hydrogen) atoms. The van der Waals surface area contributed by atoms with Gasteiger partial charge >= 0.3 is 0 Å². The van der Waals surface area contributed by atoms with E-state index >= 15 is 0 Å². The average Bonchev–Trinajstić information content (AvgIpc) is 3.69. The van der Waals surface area contributed by atoms with Crippen molar-refractivity contribution >= 4 is 65.2 Å². The van der Waals surface area contributed by atoms with Crippen molar-refractivity contribution in [3.8, 4) is 44.5 Å². The molecular formula is C54H40N2. The molecule has 0 fully saturated rings. The molecule has 9 aromatic carbocycles. The molecule has 0 saturated heterocycles. The van der Waals surface area contributed by atoms with E-state index in [-0.39, 0.29) is 0 Å². The Hall–Kier alpha value is -6.90. The highest BCUT2D eigenvalue weighted by atomic mass is 14.9. The predicted molar refractivity (Wildman–Crippen MR) is 241 cm³/mol. The Labute approximate surface area is 326 Å². The van der Waals surface area contributed by atoms with Crippen LogP contribution in [0.3, 0.4) is 0 Å². The van der Waals surface area contributed by atoms with E-state index in [1.807, 2.05) is 0 Å². The number of aromatic nitrogens is 2. The summed E-state index contributed by atoms with van der Waals surface area (Å²) >= 11 is 0. The van der Waals surface area contributed by atoms with Crippen LogP contribution < -0.4 is 0 Å². The van der Waals surface area contributed by atoms with Crippen molar-refractivity contribution in [3.05, 3.63) is 181 Å². The van der Waals surface area contributed by atoms with Crippen LogP contribution in [-0.2, 0) is 14.1 Å². The van der Waals surface area contributed by atoms with Crippen LogP contribution in [0.5, 0.6) is 0 Å². The van der Waals surface area contributed by atoms with Gasteiger partial charge in [-0.15, -0.1) is 0 Å². The third kappa shape index (κ3) is 4.75. The minimum Gasteiger partial charge on any atom is -0.344 e. The highest BCUT2D eigenvalue weighted by Crippen LogP contribution is 2.47. The second-order valence-corrected chi connectivity index (χ2v) is 15.5. The lowest BCUT2D eigenvalue weighted by atomic mass is 9.82. The summed E-state index contributed by atoms with van der Waals surface area (Å²) in [4.78, 5) is 0. The van der Waals surface area contributed by atoms with E-state index < -0.39 is 0 Å². The van der Waals surface area contributed by atoms with Crippen molar-refractivity contribution in [2.75, 3.05) is 0 Å². The largest absolute Gasteiger partial charge is 0.344 e. The van der Waals surface area contributed by atoms with Gasteiger partial charge in [0.05, 0.1) is 0 Å². The van der Waals surface area contributed by atoms with Gasteiger partial charge in [-0.3, -0.25) is 0 Å². The second kappa shape index (κ2) is 12.3. The van der Waals surface area contributed by atoms with Crippen LogP contribution in [0, 0.1) is 13.8 Å². The molecule has 2 aromatic heterocycles. The summed E-state index contributed by atoms with van der Waals surface area (Å²) in [5, 5.41) is 10.2. The molecule has 266 valence electrons. The molecule has 2 nitrogen and oxygen atoms in total. The maximum Gasteiger partial charge on any atom is 0.0489 e. The first-order valence-corrected chi connectivity index (χ1v) is 19.6. The minimum atomic E-state index is 1.22. The molecular weight excluding hydrogens is 677 g/mol. The summed E-state index contributed by atoms with van der Waals surface area (Å²) in [7, 11) is 4.33. The summed E-state index contributed by atoms with van der Waals surface area (Å²) in [6.07, 6.45) is 0. The van der Waals surface area contributed by atoms with Crippen LogP contribution in [0.25, 0.3) is 110 Å². The summed E-state index contributed by atoms with van der Waals surface area (Å²) in [5.74, 6) is 0. The SMILES string of the molecule is Cc1ccccc1-c1c2ccc(-c3ccc4c(c3)c3ccccc3n4C)cc2c(-c2ccccc2C)c2ccc(-c3ccc4c(c3)c3ccccc3n4C)cc12. The first-order valence-electron chi connectivity index (χ1n) is 19.6. The van der Waals surface area contributed by atoms with Gasteiger partial charge in [0.1, 0.15) is 0 Å². The van der Waals surface area contributed by atoms with E-state index in [4.69, 9.17) is 0 Å². The van der Waals surface area contributed by atoms with Gasteiger partial charge in [-0.2, -0.15) is 0 Å². The number of benzene rings is 9. The van der Waals surface area contributed by atoms with Crippen molar-refractivity contribution in [1.29, 1.82) is 0 Å². The van der Waals surface area contributed by atoms with Gasteiger partial charge in [0.25, 0.3) is 0 Å². The van der Waals surface area contributed by atoms with Gasteiger partial charge in [0.15, 0.2) is 0 Å². The van der Waals surface area contributed by atoms with E-state index in [9.17, 15) is 0 Å². The summed E-state index contributed by atoms with van der Waals surface area (Å²) in [6, 6.07) is 63.5. The lowest BCUT2D eigenvalue weighted by Crippen LogP contribution is -1.95. The molecule has 11 aromatic rings. The number of rotatable bonds is 4. The topological polar surface area (TPSA) is 9.86 Å². The van der Waals surface area contributed by atoms with E-state index in [0.29, 0.717) is 0 Å². The molecule has 0 aliphatic carbocycles. The third-order valence-electron chi connectivity index (χ3n) is 12.4.